The number of benzene rings is 2. The van der Waals surface area contributed by atoms with Crippen molar-refractivity contribution in [2.24, 2.45) is 11.1 Å². The molecule has 4 aromatic rings. The normalized spacial score (nSPS) is 16.8. The molecular weight excluding hydrogens is 472 g/mol. The van der Waals surface area contributed by atoms with E-state index in [4.69, 9.17) is 16.6 Å². The Bertz CT molecular complexity index is 1540. The second-order valence-electron chi connectivity index (χ2n) is 8.65. The minimum absolute atomic E-state index is 0.0675. The van der Waals surface area contributed by atoms with Crippen LogP contribution < -0.4 is 11.5 Å². The minimum atomic E-state index is -1.31. The number of para-hydroxylation sites is 1. The van der Waals surface area contributed by atoms with E-state index in [9.17, 15) is 14.7 Å². The molecule has 0 fully saturated rings. The maximum atomic E-state index is 11.8. The fourth-order valence-electron chi connectivity index (χ4n) is 4.19. The molecule has 0 saturated heterocycles. The van der Waals surface area contributed by atoms with Crippen molar-refractivity contribution >= 4 is 34.4 Å². The SMILES string of the molecule is CC1(C(=O)O)CC(C(=O)O)=CC=C1c1ccc2nccnc2c1.NCc1ccccc1-n1nccc1N. The number of aromatic nitrogens is 4. The van der Waals surface area contributed by atoms with Crippen LogP contribution in [-0.2, 0) is 16.1 Å². The molecule has 1 unspecified atom stereocenters. The Morgan fingerprint density at radius 3 is 2.38 bits per heavy atom. The molecule has 37 heavy (non-hydrogen) atoms. The number of carboxylic acid groups (broad SMARTS) is 2. The molecule has 0 aliphatic heterocycles. The molecule has 188 valence electrons. The third-order valence-electron chi connectivity index (χ3n) is 6.23. The van der Waals surface area contributed by atoms with E-state index in [0.717, 1.165) is 11.3 Å². The Hall–Kier alpha value is -4.83. The molecule has 5 rings (SSSR count). The van der Waals surface area contributed by atoms with Crippen LogP contribution in [0.3, 0.4) is 0 Å². The van der Waals surface area contributed by atoms with Crippen LogP contribution >= 0.6 is 0 Å². The van der Waals surface area contributed by atoms with Crippen LogP contribution in [0.2, 0.25) is 0 Å². The lowest BCUT2D eigenvalue weighted by Gasteiger charge is -2.31. The van der Waals surface area contributed by atoms with Crippen molar-refractivity contribution < 1.29 is 19.8 Å². The zero-order chi connectivity index (χ0) is 26.6. The third kappa shape index (κ3) is 5.09. The van der Waals surface area contributed by atoms with Crippen molar-refractivity contribution in [3.63, 3.8) is 0 Å². The van der Waals surface area contributed by atoms with Crippen LogP contribution in [0.1, 0.15) is 24.5 Å². The topological polar surface area (TPSA) is 170 Å². The fourth-order valence-corrected chi connectivity index (χ4v) is 4.19. The summed E-state index contributed by atoms with van der Waals surface area (Å²) in [5, 5.41) is 22.9. The zero-order valence-corrected chi connectivity index (χ0v) is 20.1. The van der Waals surface area contributed by atoms with Gasteiger partial charge >= 0.3 is 11.9 Å². The van der Waals surface area contributed by atoms with Gasteiger partial charge in [0.25, 0.3) is 0 Å². The molecule has 10 nitrogen and oxygen atoms in total. The van der Waals surface area contributed by atoms with Crippen molar-refractivity contribution in [2.75, 3.05) is 5.73 Å². The first-order chi connectivity index (χ1) is 17.7. The number of hydrogen-bond donors (Lipinski definition) is 4. The van der Waals surface area contributed by atoms with Crippen LogP contribution in [-0.4, -0.2) is 41.9 Å². The molecule has 1 aliphatic carbocycles. The van der Waals surface area contributed by atoms with E-state index in [1.165, 1.54) is 13.0 Å². The molecule has 1 aliphatic rings. The summed E-state index contributed by atoms with van der Waals surface area (Å²) in [7, 11) is 0. The monoisotopic (exact) mass is 498 g/mol. The second kappa shape index (κ2) is 10.4. The van der Waals surface area contributed by atoms with Crippen LogP contribution in [0.25, 0.3) is 22.3 Å². The Balaban J connectivity index is 0.000000195. The zero-order valence-electron chi connectivity index (χ0n) is 20.1. The number of hydrogen-bond acceptors (Lipinski definition) is 7. The van der Waals surface area contributed by atoms with Gasteiger partial charge in [0, 0.05) is 30.6 Å². The first-order valence-corrected chi connectivity index (χ1v) is 11.4. The van der Waals surface area contributed by atoms with Crippen LogP contribution in [0.4, 0.5) is 5.82 Å². The van der Waals surface area contributed by atoms with E-state index < -0.39 is 17.4 Å². The quantitative estimate of drug-likeness (QED) is 0.322. The Kier molecular flexibility index (Phi) is 7.12. The van der Waals surface area contributed by atoms with Gasteiger partial charge < -0.3 is 21.7 Å². The maximum absolute atomic E-state index is 11.8. The van der Waals surface area contributed by atoms with Gasteiger partial charge in [-0.2, -0.15) is 5.10 Å². The molecule has 0 amide bonds. The van der Waals surface area contributed by atoms with E-state index in [-0.39, 0.29) is 12.0 Å². The first-order valence-electron chi connectivity index (χ1n) is 11.4. The highest BCUT2D eigenvalue weighted by Gasteiger charge is 2.41. The molecule has 0 spiro atoms. The summed E-state index contributed by atoms with van der Waals surface area (Å²) >= 11 is 0. The Morgan fingerprint density at radius 1 is 1.00 bits per heavy atom. The highest BCUT2D eigenvalue weighted by Crippen LogP contribution is 2.43. The Morgan fingerprint density at radius 2 is 1.73 bits per heavy atom. The van der Waals surface area contributed by atoms with E-state index in [0.29, 0.717) is 34.5 Å². The summed E-state index contributed by atoms with van der Waals surface area (Å²) < 4.78 is 1.68. The van der Waals surface area contributed by atoms with Gasteiger partial charge in [-0.25, -0.2) is 9.48 Å². The summed E-state index contributed by atoms with van der Waals surface area (Å²) in [6, 6.07) is 14.9. The van der Waals surface area contributed by atoms with E-state index in [1.54, 1.807) is 53.6 Å². The average Bonchev–Trinajstić information content (AvgIpc) is 3.34. The highest BCUT2D eigenvalue weighted by molar-refractivity contribution is 5.99. The number of fused-ring (bicyclic) bond motifs is 1. The second-order valence-corrected chi connectivity index (χ2v) is 8.65. The van der Waals surface area contributed by atoms with Crippen LogP contribution in [0, 0.1) is 5.41 Å². The van der Waals surface area contributed by atoms with Gasteiger partial charge in [-0.3, -0.25) is 14.8 Å². The standard InChI is InChI=1S/C17H14N2O4.C10H12N4/c1-17(16(22)23)9-11(15(20)21)2-4-12(17)10-3-5-13-14(8-10)19-7-6-18-13;11-7-8-3-1-2-4-9(8)14-10(12)5-6-13-14/h2-8H,9H2,1H3,(H,20,21)(H,22,23);1-6H,7,11-12H2. The number of nitrogens with two attached hydrogens (primary N) is 2. The number of rotatable bonds is 5. The lowest BCUT2D eigenvalue weighted by Crippen LogP contribution is -2.32. The highest BCUT2D eigenvalue weighted by atomic mass is 16.4. The Labute approximate surface area is 212 Å². The van der Waals surface area contributed by atoms with Gasteiger partial charge in [-0.05, 0) is 48.2 Å². The first kappa shape index (κ1) is 25.3. The van der Waals surface area contributed by atoms with Gasteiger partial charge in [-0.15, -0.1) is 0 Å². The van der Waals surface area contributed by atoms with Crippen LogP contribution in [0.5, 0.6) is 0 Å². The maximum Gasteiger partial charge on any atom is 0.331 e. The number of allylic oxidation sites excluding steroid dienone is 2. The van der Waals surface area contributed by atoms with Crippen molar-refractivity contribution in [1.82, 2.24) is 19.7 Å². The largest absolute Gasteiger partial charge is 0.481 e. The van der Waals surface area contributed by atoms with Gasteiger partial charge in [0.2, 0.25) is 0 Å². The van der Waals surface area contributed by atoms with Crippen molar-refractivity contribution in [3.05, 3.63) is 96.0 Å². The van der Waals surface area contributed by atoms with E-state index >= 15 is 0 Å². The summed E-state index contributed by atoms with van der Waals surface area (Å²) in [5.41, 5.74) is 14.8. The van der Waals surface area contributed by atoms with Crippen LogP contribution in [0.15, 0.2) is 84.8 Å². The molecule has 0 bridgehead atoms. The summed E-state index contributed by atoms with van der Waals surface area (Å²) in [6.45, 7) is 2.02. The number of carboxylic acids is 2. The smallest absolute Gasteiger partial charge is 0.331 e. The summed E-state index contributed by atoms with van der Waals surface area (Å²) in [4.78, 5) is 31.4. The van der Waals surface area contributed by atoms with Gasteiger partial charge in [-0.1, -0.05) is 36.4 Å². The predicted molar refractivity (Wildman–Crippen MR) is 139 cm³/mol. The average molecular weight is 499 g/mol. The molecule has 0 radical (unpaired) electrons. The third-order valence-corrected chi connectivity index (χ3v) is 6.23. The molecule has 10 heteroatoms. The molecular formula is C27H26N6O4. The molecule has 2 aromatic heterocycles. The van der Waals surface area contributed by atoms with Gasteiger partial charge in [0.1, 0.15) is 5.82 Å². The minimum Gasteiger partial charge on any atom is -0.481 e. The molecule has 0 saturated carbocycles. The number of nitrogen functional groups attached to an aromatic ring is 1. The lowest BCUT2D eigenvalue weighted by atomic mass is 9.71. The lowest BCUT2D eigenvalue weighted by molar-refractivity contribution is -0.144. The number of nitrogens with zero attached hydrogens (tertiary/aromatic N) is 4. The van der Waals surface area contributed by atoms with Crippen molar-refractivity contribution in [3.8, 4) is 5.69 Å². The number of aliphatic carboxylic acids is 2. The van der Waals surface area contributed by atoms with Crippen molar-refractivity contribution in [1.29, 1.82) is 0 Å². The molecule has 2 aromatic carbocycles. The van der Waals surface area contributed by atoms with E-state index in [2.05, 4.69) is 15.1 Å². The fraction of sp³-hybridized carbons (Fsp3) is 0.148. The van der Waals surface area contributed by atoms with Crippen molar-refractivity contribution in [2.45, 2.75) is 19.9 Å². The molecule has 2 heterocycles. The predicted octanol–water partition coefficient (Wildman–Crippen LogP) is 3.43. The summed E-state index contributed by atoms with van der Waals surface area (Å²) in [5.74, 6) is -1.54. The molecule has 1 atom stereocenters. The van der Waals surface area contributed by atoms with Gasteiger partial charge in [0.05, 0.1) is 28.3 Å². The summed E-state index contributed by atoms with van der Waals surface area (Å²) in [6.07, 6.45) is 7.79. The van der Waals surface area contributed by atoms with E-state index in [1.807, 2.05) is 24.3 Å². The molecule has 6 N–H and O–H groups in total. The van der Waals surface area contributed by atoms with Gasteiger partial charge in [0.15, 0.2) is 0 Å². The number of anilines is 1. The number of carbonyl (C=O) groups is 2.